The van der Waals surface area contributed by atoms with Gasteiger partial charge in [0.05, 0.1) is 18.2 Å². The number of Topliss-reactive ketones (excluding diaryl/α,β-unsaturated/α-hetero) is 1. The van der Waals surface area contributed by atoms with E-state index in [1.165, 1.54) is 4.90 Å². The fourth-order valence-corrected chi connectivity index (χ4v) is 3.34. The first kappa shape index (κ1) is 18.4. The summed E-state index contributed by atoms with van der Waals surface area (Å²) >= 11 is 3.33. The first-order chi connectivity index (χ1) is 12.4. The lowest BCUT2D eigenvalue weighted by atomic mass is 9.95. The van der Waals surface area contributed by atoms with Crippen LogP contribution in [0.15, 0.2) is 58.6 Å². The van der Waals surface area contributed by atoms with Gasteiger partial charge >= 0.3 is 0 Å². The quantitative estimate of drug-likeness (QED) is 0.456. The lowest BCUT2D eigenvalue weighted by Crippen LogP contribution is -2.32. The van der Waals surface area contributed by atoms with E-state index < -0.39 is 17.7 Å². The van der Waals surface area contributed by atoms with E-state index in [2.05, 4.69) is 15.9 Å². The second-order valence-electron chi connectivity index (χ2n) is 6.13. The number of aliphatic hydroxyl groups is 2. The van der Waals surface area contributed by atoms with Gasteiger partial charge in [0.1, 0.15) is 5.76 Å². The Labute approximate surface area is 159 Å². The summed E-state index contributed by atoms with van der Waals surface area (Å²) in [5.74, 6) is -1.69. The smallest absolute Gasteiger partial charge is 0.295 e. The second-order valence-corrected chi connectivity index (χ2v) is 7.05. The van der Waals surface area contributed by atoms with Crippen molar-refractivity contribution in [3.05, 3.63) is 75.3 Å². The van der Waals surface area contributed by atoms with Crippen molar-refractivity contribution in [2.45, 2.75) is 13.0 Å². The van der Waals surface area contributed by atoms with Crippen LogP contribution in [-0.4, -0.2) is 40.0 Å². The molecule has 3 rings (SSSR count). The number of β-amino-alcohol motifs (C(OH)–C–C–N with tert-alkyl or cyclic N) is 1. The fourth-order valence-electron chi connectivity index (χ4n) is 3.08. The van der Waals surface area contributed by atoms with Gasteiger partial charge in [0, 0.05) is 16.6 Å². The third-order valence-electron chi connectivity index (χ3n) is 4.39. The Kier molecular flexibility index (Phi) is 5.25. The number of carbonyl (C=O) groups excluding carboxylic acids is 2. The van der Waals surface area contributed by atoms with Gasteiger partial charge in [-0.15, -0.1) is 0 Å². The van der Waals surface area contributed by atoms with Gasteiger partial charge in [-0.1, -0.05) is 57.9 Å². The van der Waals surface area contributed by atoms with Crippen LogP contribution in [0.3, 0.4) is 0 Å². The van der Waals surface area contributed by atoms with Gasteiger partial charge in [-0.05, 0) is 24.6 Å². The molecule has 0 saturated carbocycles. The average molecular weight is 416 g/mol. The molecule has 0 radical (unpaired) electrons. The van der Waals surface area contributed by atoms with Crippen LogP contribution in [0.4, 0.5) is 0 Å². The van der Waals surface area contributed by atoms with Crippen molar-refractivity contribution >= 4 is 33.4 Å². The molecule has 1 aliphatic rings. The molecule has 1 heterocycles. The highest BCUT2D eigenvalue weighted by Crippen LogP contribution is 2.39. The molecule has 0 unspecified atom stereocenters. The largest absolute Gasteiger partial charge is 0.507 e. The Morgan fingerprint density at radius 1 is 1.08 bits per heavy atom. The molecule has 6 heteroatoms. The molecular weight excluding hydrogens is 398 g/mol. The number of rotatable bonds is 4. The maximum absolute atomic E-state index is 12.6. The highest BCUT2D eigenvalue weighted by Gasteiger charge is 2.45. The number of carbonyl (C=O) groups is 2. The average Bonchev–Trinajstić information content (AvgIpc) is 2.88. The lowest BCUT2D eigenvalue weighted by molar-refractivity contribution is -0.140. The summed E-state index contributed by atoms with van der Waals surface area (Å²) in [6.07, 6.45) is 0. The number of likely N-dealkylation sites (tertiary alicyclic amines) is 1. The Balaban J connectivity index is 2.17. The zero-order chi connectivity index (χ0) is 18.8. The third-order valence-corrected chi connectivity index (χ3v) is 4.92. The topological polar surface area (TPSA) is 77.8 Å². The van der Waals surface area contributed by atoms with E-state index in [9.17, 15) is 19.8 Å². The standard InChI is InChI=1S/C20H18BrNO4/c1-12-2-4-13(5-3-12)17-16(19(25)20(26)22(17)10-11-23)18(24)14-6-8-15(21)9-7-14/h2-9,17,23-24H,10-11H2,1H3/b18-16+/t17-/m0/s1. The molecule has 1 amide bonds. The van der Waals surface area contributed by atoms with Crippen LogP contribution in [0.25, 0.3) is 5.76 Å². The molecule has 1 fully saturated rings. The number of ketones is 1. The van der Waals surface area contributed by atoms with Gasteiger partial charge in [0.15, 0.2) is 0 Å². The molecule has 1 atom stereocenters. The predicted octanol–water partition coefficient (Wildman–Crippen LogP) is 3.17. The normalized spacial score (nSPS) is 19.2. The summed E-state index contributed by atoms with van der Waals surface area (Å²) in [6.45, 7) is 1.68. The highest BCUT2D eigenvalue weighted by atomic mass is 79.9. The van der Waals surface area contributed by atoms with Crippen molar-refractivity contribution in [1.29, 1.82) is 0 Å². The van der Waals surface area contributed by atoms with E-state index in [-0.39, 0.29) is 24.5 Å². The maximum Gasteiger partial charge on any atom is 0.295 e. The number of hydrogen-bond donors (Lipinski definition) is 2. The Morgan fingerprint density at radius 3 is 2.27 bits per heavy atom. The van der Waals surface area contributed by atoms with Crippen molar-refractivity contribution < 1.29 is 19.8 Å². The number of aryl methyl sites for hydroxylation is 1. The molecule has 1 saturated heterocycles. The molecule has 0 aromatic heterocycles. The Hall–Kier alpha value is -2.44. The molecule has 134 valence electrons. The zero-order valence-electron chi connectivity index (χ0n) is 14.1. The van der Waals surface area contributed by atoms with Crippen LogP contribution in [0.5, 0.6) is 0 Å². The zero-order valence-corrected chi connectivity index (χ0v) is 15.7. The summed E-state index contributed by atoms with van der Waals surface area (Å²) in [7, 11) is 0. The van der Waals surface area contributed by atoms with Crippen LogP contribution in [-0.2, 0) is 9.59 Å². The number of benzene rings is 2. The maximum atomic E-state index is 12.6. The summed E-state index contributed by atoms with van der Waals surface area (Å²) in [5.41, 5.74) is 2.24. The van der Waals surface area contributed by atoms with Crippen molar-refractivity contribution in [2.75, 3.05) is 13.2 Å². The van der Waals surface area contributed by atoms with Crippen molar-refractivity contribution in [3.63, 3.8) is 0 Å². The van der Waals surface area contributed by atoms with Crippen molar-refractivity contribution in [3.8, 4) is 0 Å². The van der Waals surface area contributed by atoms with Crippen molar-refractivity contribution in [2.24, 2.45) is 0 Å². The monoisotopic (exact) mass is 415 g/mol. The number of amides is 1. The number of hydrogen-bond acceptors (Lipinski definition) is 4. The van der Waals surface area contributed by atoms with Crippen LogP contribution in [0.1, 0.15) is 22.7 Å². The first-order valence-electron chi connectivity index (χ1n) is 8.16. The van der Waals surface area contributed by atoms with E-state index in [0.29, 0.717) is 11.1 Å². The van der Waals surface area contributed by atoms with Crippen LogP contribution >= 0.6 is 15.9 Å². The van der Waals surface area contributed by atoms with Gasteiger partial charge in [-0.3, -0.25) is 9.59 Å². The van der Waals surface area contributed by atoms with Gasteiger partial charge < -0.3 is 15.1 Å². The van der Waals surface area contributed by atoms with E-state index in [4.69, 9.17) is 0 Å². The molecule has 2 aromatic carbocycles. The molecule has 5 nitrogen and oxygen atoms in total. The van der Waals surface area contributed by atoms with Crippen LogP contribution in [0, 0.1) is 6.92 Å². The fraction of sp³-hybridized carbons (Fsp3) is 0.200. The third kappa shape index (κ3) is 3.30. The van der Waals surface area contributed by atoms with Gasteiger partial charge in [-0.25, -0.2) is 0 Å². The van der Waals surface area contributed by atoms with Crippen LogP contribution in [0.2, 0.25) is 0 Å². The predicted molar refractivity (Wildman–Crippen MR) is 101 cm³/mol. The van der Waals surface area contributed by atoms with E-state index in [1.807, 2.05) is 31.2 Å². The van der Waals surface area contributed by atoms with Gasteiger partial charge in [-0.2, -0.15) is 0 Å². The molecule has 2 N–H and O–H groups in total. The Morgan fingerprint density at radius 2 is 1.69 bits per heavy atom. The molecule has 26 heavy (non-hydrogen) atoms. The lowest BCUT2D eigenvalue weighted by Gasteiger charge is -2.24. The number of aliphatic hydroxyl groups excluding tert-OH is 2. The summed E-state index contributed by atoms with van der Waals surface area (Å²) in [6, 6.07) is 13.5. The van der Waals surface area contributed by atoms with Gasteiger partial charge in [0.2, 0.25) is 0 Å². The minimum absolute atomic E-state index is 0.0141. The SMILES string of the molecule is Cc1ccc([C@H]2/C(=C(\O)c3ccc(Br)cc3)C(=O)C(=O)N2CCO)cc1. The minimum atomic E-state index is -0.746. The molecule has 0 spiro atoms. The molecular formula is C20H18BrNO4. The van der Waals surface area contributed by atoms with E-state index in [0.717, 1.165) is 10.0 Å². The number of halogens is 1. The molecule has 0 bridgehead atoms. The summed E-state index contributed by atoms with van der Waals surface area (Å²) < 4.78 is 0.838. The second kappa shape index (κ2) is 7.43. The Bertz CT molecular complexity index is 872. The van der Waals surface area contributed by atoms with E-state index >= 15 is 0 Å². The molecule has 2 aromatic rings. The molecule has 1 aliphatic heterocycles. The van der Waals surface area contributed by atoms with Crippen molar-refractivity contribution in [1.82, 2.24) is 4.90 Å². The molecule has 0 aliphatic carbocycles. The van der Waals surface area contributed by atoms with E-state index in [1.54, 1.807) is 24.3 Å². The first-order valence-corrected chi connectivity index (χ1v) is 8.95. The minimum Gasteiger partial charge on any atom is -0.507 e. The number of nitrogens with zero attached hydrogens (tertiary/aromatic N) is 1. The van der Waals surface area contributed by atoms with Gasteiger partial charge in [0.25, 0.3) is 11.7 Å². The van der Waals surface area contributed by atoms with Crippen LogP contribution < -0.4 is 0 Å². The summed E-state index contributed by atoms with van der Waals surface area (Å²) in [5, 5.41) is 20.1. The highest BCUT2D eigenvalue weighted by molar-refractivity contribution is 9.10. The summed E-state index contributed by atoms with van der Waals surface area (Å²) in [4.78, 5) is 26.4.